The van der Waals surface area contributed by atoms with Gasteiger partial charge in [-0.2, -0.15) is 0 Å². The third-order valence-electron chi connectivity index (χ3n) is 6.41. The van der Waals surface area contributed by atoms with Gasteiger partial charge in [-0.3, -0.25) is 4.79 Å². The Kier molecular flexibility index (Phi) is 32.9. The quantitative estimate of drug-likeness (QED) is 0.0683. The first kappa shape index (κ1) is 38.7. The van der Waals surface area contributed by atoms with Crippen LogP contribution in [0.1, 0.15) is 110 Å². The van der Waals surface area contributed by atoms with Crippen LogP contribution in [0.2, 0.25) is 0 Å². The van der Waals surface area contributed by atoms with Crippen LogP contribution in [0.5, 0.6) is 0 Å². The van der Waals surface area contributed by atoms with E-state index in [9.17, 15) is 9.59 Å². The zero-order valence-electron chi connectivity index (χ0n) is 25.8. The Balaban J connectivity index is 3.16. The lowest BCUT2D eigenvalue weighted by Gasteiger charge is -2.08. The van der Waals surface area contributed by atoms with Gasteiger partial charge in [0.25, 0.3) is 0 Å². The molecular formula is C31H60O9. The molecule has 0 atom stereocenters. The number of methoxy groups -OCH3 is 1. The molecule has 0 aliphatic rings. The molecule has 9 heteroatoms. The van der Waals surface area contributed by atoms with E-state index < -0.39 is 5.97 Å². The molecule has 0 heterocycles. The van der Waals surface area contributed by atoms with Gasteiger partial charge in [0.15, 0.2) is 0 Å². The topological polar surface area (TPSA) is 98.8 Å². The number of carbonyl (C=O) groups is 2. The molecule has 0 aromatic rings. The predicted molar refractivity (Wildman–Crippen MR) is 157 cm³/mol. The minimum absolute atomic E-state index is 0.0673. The number of hydrogen-bond acceptors (Lipinski definition) is 9. The van der Waals surface area contributed by atoms with Crippen LogP contribution in [0.4, 0.5) is 0 Å². The van der Waals surface area contributed by atoms with Gasteiger partial charge < -0.3 is 33.2 Å². The average molecular weight is 577 g/mol. The summed E-state index contributed by atoms with van der Waals surface area (Å²) in [5.74, 6) is -0.540. The summed E-state index contributed by atoms with van der Waals surface area (Å²) >= 11 is 0. The molecule has 40 heavy (non-hydrogen) atoms. The largest absolute Gasteiger partial charge is 0.467 e. The molecule has 0 spiro atoms. The van der Waals surface area contributed by atoms with Crippen LogP contribution in [0.3, 0.4) is 0 Å². The van der Waals surface area contributed by atoms with E-state index in [-0.39, 0.29) is 19.2 Å². The highest BCUT2D eigenvalue weighted by molar-refractivity contribution is 5.70. The third kappa shape index (κ3) is 32.9. The summed E-state index contributed by atoms with van der Waals surface area (Å²) in [6.45, 7) is 6.35. The fraction of sp³-hybridized carbons (Fsp3) is 0.935. The number of rotatable bonds is 33. The van der Waals surface area contributed by atoms with Gasteiger partial charge in [0.1, 0.15) is 13.2 Å². The highest BCUT2D eigenvalue weighted by Crippen LogP contribution is 2.13. The summed E-state index contributed by atoms with van der Waals surface area (Å²) in [7, 11) is 1.32. The predicted octanol–water partition coefficient (Wildman–Crippen LogP) is 6.05. The maximum Gasteiger partial charge on any atom is 0.331 e. The Morgan fingerprint density at radius 3 is 1.18 bits per heavy atom. The van der Waals surface area contributed by atoms with Gasteiger partial charge in [0.2, 0.25) is 0 Å². The van der Waals surface area contributed by atoms with E-state index in [1.807, 2.05) is 0 Å². The van der Waals surface area contributed by atoms with Crippen molar-refractivity contribution < 1.29 is 42.7 Å². The Labute approximate surface area is 244 Å². The van der Waals surface area contributed by atoms with Crippen LogP contribution in [-0.4, -0.2) is 91.7 Å². The third-order valence-corrected chi connectivity index (χ3v) is 6.41. The molecule has 0 aromatic carbocycles. The average Bonchev–Trinajstić information content (AvgIpc) is 2.96. The molecular weight excluding hydrogens is 516 g/mol. The first-order chi connectivity index (χ1) is 19.7. The van der Waals surface area contributed by atoms with Gasteiger partial charge >= 0.3 is 11.9 Å². The van der Waals surface area contributed by atoms with Gasteiger partial charge in [-0.15, -0.1) is 0 Å². The van der Waals surface area contributed by atoms with Crippen LogP contribution in [0.15, 0.2) is 0 Å². The fourth-order valence-electron chi connectivity index (χ4n) is 4.02. The lowest BCUT2D eigenvalue weighted by molar-refractivity contribution is -0.146. The van der Waals surface area contributed by atoms with E-state index in [2.05, 4.69) is 11.7 Å². The Hall–Kier alpha value is -1.26. The molecule has 0 radical (unpaired) electrons. The Morgan fingerprint density at radius 1 is 0.425 bits per heavy atom. The normalized spacial score (nSPS) is 11.2. The van der Waals surface area contributed by atoms with E-state index in [0.29, 0.717) is 65.9 Å². The second kappa shape index (κ2) is 33.9. The van der Waals surface area contributed by atoms with Crippen LogP contribution >= 0.6 is 0 Å². The molecule has 0 rings (SSSR count). The molecule has 0 unspecified atom stereocenters. The molecule has 0 saturated heterocycles. The molecule has 9 nitrogen and oxygen atoms in total. The lowest BCUT2D eigenvalue weighted by Crippen LogP contribution is -2.16. The molecule has 0 aromatic heterocycles. The molecule has 0 fully saturated rings. The summed E-state index contributed by atoms with van der Waals surface area (Å²) < 4.78 is 36.3. The van der Waals surface area contributed by atoms with Crippen molar-refractivity contribution in [2.75, 3.05) is 79.8 Å². The monoisotopic (exact) mass is 576 g/mol. The van der Waals surface area contributed by atoms with Crippen molar-refractivity contribution in [1.29, 1.82) is 0 Å². The minimum Gasteiger partial charge on any atom is -0.467 e. The van der Waals surface area contributed by atoms with E-state index in [1.165, 1.54) is 90.6 Å². The summed E-state index contributed by atoms with van der Waals surface area (Å²) in [5.41, 5.74) is 0. The van der Waals surface area contributed by atoms with Crippen LogP contribution in [0.25, 0.3) is 0 Å². The molecule has 0 aliphatic heterocycles. The van der Waals surface area contributed by atoms with Crippen LogP contribution in [0, 0.1) is 0 Å². The Bertz CT molecular complexity index is 531. The molecule has 238 valence electrons. The molecule has 0 N–H and O–H groups in total. The summed E-state index contributed by atoms with van der Waals surface area (Å²) in [6.07, 6.45) is 20.2. The van der Waals surface area contributed by atoms with E-state index in [1.54, 1.807) is 0 Å². The molecule has 0 amide bonds. The van der Waals surface area contributed by atoms with E-state index >= 15 is 0 Å². The van der Waals surface area contributed by atoms with Gasteiger partial charge in [-0.1, -0.05) is 96.8 Å². The highest BCUT2D eigenvalue weighted by Gasteiger charge is 2.03. The second-order valence-electron chi connectivity index (χ2n) is 10.00. The van der Waals surface area contributed by atoms with Gasteiger partial charge in [0.05, 0.1) is 66.6 Å². The van der Waals surface area contributed by atoms with Gasteiger partial charge in [-0.25, -0.2) is 4.79 Å². The minimum atomic E-state index is -0.405. The van der Waals surface area contributed by atoms with Crippen LogP contribution in [-0.2, 0) is 42.7 Å². The maximum absolute atomic E-state index is 11.8. The zero-order chi connectivity index (χ0) is 29.2. The second-order valence-corrected chi connectivity index (χ2v) is 10.00. The van der Waals surface area contributed by atoms with Gasteiger partial charge in [-0.05, 0) is 6.42 Å². The number of esters is 2. The summed E-state index contributed by atoms with van der Waals surface area (Å²) in [5, 5.41) is 0. The van der Waals surface area contributed by atoms with Crippen molar-refractivity contribution in [2.24, 2.45) is 0 Å². The first-order valence-electron chi connectivity index (χ1n) is 15.8. The van der Waals surface area contributed by atoms with E-state index in [0.717, 1.165) is 12.8 Å². The first-order valence-corrected chi connectivity index (χ1v) is 15.8. The molecule has 0 bridgehead atoms. The maximum atomic E-state index is 11.8. The molecule has 0 aliphatic carbocycles. The number of carbonyl (C=O) groups excluding carboxylic acids is 2. The van der Waals surface area contributed by atoms with Crippen molar-refractivity contribution in [3.05, 3.63) is 0 Å². The van der Waals surface area contributed by atoms with Crippen molar-refractivity contribution in [1.82, 2.24) is 0 Å². The van der Waals surface area contributed by atoms with Crippen LogP contribution < -0.4 is 0 Å². The lowest BCUT2D eigenvalue weighted by atomic mass is 10.0. The fourth-order valence-corrected chi connectivity index (χ4v) is 4.02. The van der Waals surface area contributed by atoms with Gasteiger partial charge in [0, 0.05) is 6.42 Å². The number of unbranched alkanes of at least 4 members (excludes halogenated alkanes) is 14. The van der Waals surface area contributed by atoms with Crippen molar-refractivity contribution in [2.45, 2.75) is 110 Å². The SMILES string of the molecule is CCCCCCCCCCCCCCCCCC(=O)OCCOCCOCCOCCOCCOCC(=O)OC. The van der Waals surface area contributed by atoms with Crippen molar-refractivity contribution in [3.63, 3.8) is 0 Å². The smallest absolute Gasteiger partial charge is 0.331 e. The van der Waals surface area contributed by atoms with Crippen molar-refractivity contribution in [3.8, 4) is 0 Å². The number of ether oxygens (including phenoxy) is 7. The summed E-state index contributed by atoms with van der Waals surface area (Å²) in [6, 6.07) is 0. The summed E-state index contributed by atoms with van der Waals surface area (Å²) in [4.78, 5) is 22.7. The molecule has 0 saturated carbocycles. The number of hydrogen-bond donors (Lipinski definition) is 0. The standard InChI is InChI=1S/C31H60O9/c1-3-4-5-6-7-8-9-10-11-12-13-14-15-16-17-18-30(32)40-28-27-38-24-23-36-20-19-35-21-22-37-25-26-39-29-31(33)34-2/h3-29H2,1-2H3. The zero-order valence-corrected chi connectivity index (χ0v) is 25.8. The van der Waals surface area contributed by atoms with E-state index in [4.69, 9.17) is 28.4 Å². The Morgan fingerprint density at radius 2 is 0.775 bits per heavy atom. The van der Waals surface area contributed by atoms with Crippen molar-refractivity contribution >= 4 is 11.9 Å². The highest BCUT2D eigenvalue weighted by atomic mass is 16.6.